The second-order valence-corrected chi connectivity index (χ2v) is 7.88. The lowest BCUT2D eigenvalue weighted by molar-refractivity contribution is -0.303. The minimum absolute atomic E-state index is 0.168. The van der Waals surface area contributed by atoms with E-state index in [0.29, 0.717) is 34.8 Å². The Morgan fingerprint density at radius 2 is 1.77 bits per heavy atom. The molecule has 0 atom stereocenters. The van der Waals surface area contributed by atoms with Crippen molar-refractivity contribution in [1.29, 1.82) is 0 Å². The summed E-state index contributed by atoms with van der Waals surface area (Å²) in [6, 6.07) is 14.0. The maximum Gasteiger partial charge on any atom is 0.199 e. The summed E-state index contributed by atoms with van der Waals surface area (Å²) >= 11 is 0. The van der Waals surface area contributed by atoms with Crippen LogP contribution in [0.15, 0.2) is 48.0 Å². The number of benzene rings is 2. The third kappa shape index (κ3) is 5.03. The molecule has 1 fully saturated rings. The Kier molecular flexibility index (Phi) is 5.93. The van der Waals surface area contributed by atoms with Gasteiger partial charge in [0.15, 0.2) is 12.9 Å². The molecule has 1 saturated heterocycles. The van der Waals surface area contributed by atoms with Crippen LogP contribution in [0.2, 0.25) is 1.41 Å². The predicted molar refractivity (Wildman–Crippen MR) is 120 cm³/mol. The molecule has 0 bridgehead atoms. The van der Waals surface area contributed by atoms with Crippen molar-refractivity contribution in [2.45, 2.75) is 32.2 Å². The molecule has 1 aliphatic heterocycles. The SMILES string of the molecule is [2H]N(OOC)C1=C(C([2H])([2H])C2CCN(Cc3ccccc3)CC2)Cc2cc(OC)c(OC)cc21. The van der Waals surface area contributed by atoms with Gasteiger partial charge in [0.25, 0.3) is 0 Å². The summed E-state index contributed by atoms with van der Waals surface area (Å²) in [6.45, 7) is 2.53. The summed E-state index contributed by atoms with van der Waals surface area (Å²) in [5, 5.41) is 0. The summed E-state index contributed by atoms with van der Waals surface area (Å²) in [5.41, 5.74) is 4.45. The summed E-state index contributed by atoms with van der Waals surface area (Å²) in [7, 11) is 4.45. The van der Waals surface area contributed by atoms with E-state index < -0.39 is 6.37 Å². The number of hydrogen-bond acceptors (Lipinski definition) is 6. The largest absolute Gasteiger partial charge is 0.493 e. The van der Waals surface area contributed by atoms with Crippen molar-refractivity contribution in [3.8, 4) is 11.5 Å². The van der Waals surface area contributed by atoms with Gasteiger partial charge < -0.3 is 9.47 Å². The van der Waals surface area contributed by atoms with Gasteiger partial charge in [-0.3, -0.25) is 4.90 Å². The van der Waals surface area contributed by atoms with Gasteiger partial charge in [0.1, 0.15) is 0 Å². The van der Waals surface area contributed by atoms with E-state index in [-0.39, 0.29) is 5.92 Å². The van der Waals surface area contributed by atoms with E-state index in [0.717, 1.165) is 43.5 Å². The first-order valence-electron chi connectivity index (χ1n) is 12.1. The molecule has 0 aromatic heterocycles. The van der Waals surface area contributed by atoms with E-state index >= 15 is 0 Å². The highest BCUT2D eigenvalue weighted by Crippen LogP contribution is 2.41. The molecule has 2 aromatic rings. The maximum atomic E-state index is 9.16. The van der Waals surface area contributed by atoms with Crippen molar-refractivity contribution >= 4 is 5.70 Å². The molecule has 1 N–H and O–H groups in total. The van der Waals surface area contributed by atoms with E-state index in [9.17, 15) is 0 Å². The highest BCUT2D eigenvalue weighted by atomic mass is 17.3. The smallest absolute Gasteiger partial charge is 0.199 e. The van der Waals surface area contributed by atoms with Gasteiger partial charge in [0.2, 0.25) is 0 Å². The molecule has 2 aliphatic rings. The molecule has 0 radical (unpaired) electrons. The Morgan fingerprint density at radius 1 is 1.06 bits per heavy atom. The molecular weight excluding hydrogens is 392 g/mol. The Balaban J connectivity index is 1.59. The number of rotatable bonds is 9. The first kappa shape index (κ1) is 18.1. The number of hydrogen-bond donors (Lipinski definition) is 1. The molecule has 6 heteroatoms. The van der Waals surface area contributed by atoms with Gasteiger partial charge in [0.05, 0.1) is 27.0 Å². The fraction of sp³-hybridized carbons (Fsp3) is 0.440. The molecular formula is C25H32N2O4. The van der Waals surface area contributed by atoms with Gasteiger partial charge in [-0.1, -0.05) is 30.3 Å². The maximum absolute atomic E-state index is 9.16. The molecule has 0 amide bonds. The first-order valence-corrected chi connectivity index (χ1v) is 10.6. The Morgan fingerprint density at radius 3 is 2.45 bits per heavy atom. The standard InChI is InChI=1S/C25H32N2O4/c1-28-23-15-20-14-21(25(26-31-30-3)22(20)16-24(23)29-2)13-18-9-11-27(12-10-18)17-19-7-5-4-6-8-19/h4-8,15-16,18,26H,9-14,17H2,1-3H3/i13D2/hD. The van der Waals surface area contributed by atoms with Crippen LogP contribution >= 0.6 is 0 Å². The van der Waals surface area contributed by atoms with E-state index in [1.54, 1.807) is 20.3 Å². The van der Waals surface area contributed by atoms with Crippen LogP contribution in [0.3, 0.4) is 0 Å². The average Bonchev–Trinajstić information content (AvgIpc) is 3.23. The highest BCUT2D eigenvalue weighted by molar-refractivity contribution is 5.77. The van der Waals surface area contributed by atoms with E-state index in [1.807, 2.05) is 24.3 Å². The first-order chi connectivity index (χ1) is 16.4. The average molecular weight is 428 g/mol. The van der Waals surface area contributed by atoms with Crippen molar-refractivity contribution in [1.82, 2.24) is 10.4 Å². The molecule has 1 aliphatic carbocycles. The molecule has 31 heavy (non-hydrogen) atoms. The number of ether oxygens (including phenoxy) is 2. The lowest BCUT2D eigenvalue weighted by Gasteiger charge is -2.32. The Bertz CT molecular complexity index is 1020. The molecule has 6 nitrogen and oxygen atoms in total. The van der Waals surface area contributed by atoms with Crippen LogP contribution in [-0.4, -0.2) is 39.3 Å². The molecule has 0 spiro atoms. The van der Waals surface area contributed by atoms with Crippen molar-refractivity contribution < 1.29 is 23.5 Å². The minimum Gasteiger partial charge on any atom is -0.493 e. The van der Waals surface area contributed by atoms with Crippen LogP contribution in [0.25, 0.3) is 5.70 Å². The fourth-order valence-corrected chi connectivity index (χ4v) is 4.35. The number of nitrogens with one attached hydrogen (secondary N) is 1. The molecule has 2 aromatic carbocycles. The molecule has 166 valence electrons. The third-order valence-corrected chi connectivity index (χ3v) is 5.94. The number of piperidine rings is 1. The van der Waals surface area contributed by atoms with E-state index in [2.05, 4.69) is 17.0 Å². The van der Waals surface area contributed by atoms with E-state index in [4.69, 9.17) is 23.5 Å². The zero-order valence-electron chi connectivity index (χ0n) is 21.4. The zero-order chi connectivity index (χ0) is 24.3. The van der Waals surface area contributed by atoms with E-state index in [1.165, 1.54) is 12.7 Å². The van der Waals surface area contributed by atoms with Gasteiger partial charge in [-0.2, -0.15) is 0 Å². The molecule has 0 unspecified atom stereocenters. The van der Waals surface area contributed by atoms with Gasteiger partial charge in [-0.05, 0) is 73.5 Å². The van der Waals surface area contributed by atoms with Crippen LogP contribution in [0.1, 0.15) is 38.6 Å². The van der Waals surface area contributed by atoms with Crippen LogP contribution in [0.5, 0.6) is 11.5 Å². The monoisotopic (exact) mass is 427 g/mol. The lowest BCUT2D eigenvalue weighted by Crippen LogP contribution is -2.33. The molecule has 0 saturated carbocycles. The van der Waals surface area contributed by atoms with Crippen molar-refractivity contribution in [3.63, 3.8) is 0 Å². The number of methoxy groups -OCH3 is 2. The van der Waals surface area contributed by atoms with Crippen molar-refractivity contribution in [2.75, 3.05) is 34.4 Å². The Labute approximate surface area is 188 Å². The summed E-state index contributed by atoms with van der Waals surface area (Å²) in [5.74, 6) is 0.917. The van der Waals surface area contributed by atoms with Crippen LogP contribution in [0.4, 0.5) is 0 Å². The zero-order valence-corrected chi connectivity index (χ0v) is 18.4. The fourth-order valence-electron chi connectivity index (χ4n) is 4.35. The predicted octanol–water partition coefficient (Wildman–Crippen LogP) is 4.36. The molecule has 1 heterocycles. The van der Waals surface area contributed by atoms with Gasteiger partial charge >= 0.3 is 0 Å². The van der Waals surface area contributed by atoms with Crippen LogP contribution < -0.4 is 14.9 Å². The van der Waals surface area contributed by atoms with Crippen LogP contribution in [0, 0.1) is 5.92 Å². The second kappa shape index (κ2) is 10.2. The lowest BCUT2D eigenvalue weighted by atomic mass is 9.89. The topological polar surface area (TPSA) is 52.2 Å². The number of likely N-dealkylation sites (tertiary alicyclic amines) is 1. The quantitative estimate of drug-likeness (QED) is 0.474. The summed E-state index contributed by atoms with van der Waals surface area (Å²) in [6.07, 6.45) is 0.222. The Hall–Kier alpha value is -2.54. The van der Waals surface area contributed by atoms with Crippen molar-refractivity contribution in [2.24, 2.45) is 5.92 Å². The number of hydroxylamine groups is 1. The number of fused-ring (bicyclic) bond motifs is 1. The summed E-state index contributed by atoms with van der Waals surface area (Å²) in [4.78, 5) is 12.1. The highest BCUT2D eigenvalue weighted by Gasteiger charge is 2.28. The normalized spacial score (nSPS) is 18.9. The number of nitrogens with zero attached hydrogens (tertiary/aromatic N) is 1. The van der Waals surface area contributed by atoms with Crippen molar-refractivity contribution in [3.05, 3.63) is 64.7 Å². The molecule has 4 rings (SSSR count). The summed E-state index contributed by atoms with van der Waals surface area (Å²) < 4.78 is 37.6. The van der Waals surface area contributed by atoms with Gasteiger partial charge in [-0.25, -0.2) is 10.4 Å². The number of allylic oxidation sites excluding steroid dienone is 1. The minimum atomic E-state index is -1.62. The second-order valence-electron chi connectivity index (χ2n) is 7.88. The van der Waals surface area contributed by atoms with Gasteiger partial charge in [-0.15, -0.1) is 4.99 Å². The van der Waals surface area contributed by atoms with Crippen LogP contribution in [-0.2, 0) is 22.8 Å². The van der Waals surface area contributed by atoms with Gasteiger partial charge in [0, 0.05) is 14.8 Å². The third-order valence-electron chi connectivity index (χ3n) is 5.94.